The quantitative estimate of drug-likeness (QED) is 0.641. The van der Waals surface area contributed by atoms with E-state index in [4.69, 9.17) is 5.73 Å². The summed E-state index contributed by atoms with van der Waals surface area (Å²) in [5, 5.41) is 14.2. The maximum Gasteiger partial charge on any atom is 0.315 e. The molecule has 1 aromatic carbocycles. The van der Waals surface area contributed by atoms with Crippen LogP contribution in [0.2, 0.25) is 0 Å². The van der Waals surface area contributed by atoms with Crippen LogP contribution in [0.1, 0.15) is 19.3 Å². The maximum absolute atomic E-state index is 11.6. The first-order valence-electron chi connectivity index (χ1n) is 6.57. The molecule has 1 atom stereocenters. The van der Waals surface area contributed by atoms with Gasteiger partial charge in [-0.1, -0.05) is 6.07 Å². The van der Waals surface area contributed by atoms with Crippen LogP contribution < -0.4 is 16.0 Å². The second-order valence-electron chi connectivity index (χ2n) is 4.79. The molecule has 1 amide bonds. The van der Waals surface area contributed by atoms with Gasteiger partial charge in [0.1, 0.15) is 17.4 Å². The summed E-state index contributed by atoms with van der Waals surface area (Å²) in [7, 11) is 1.63. The molecule has 0 bridgehead atoms. The zero-order valence-corrected chi connectivity index (χ0v) is 11.3. The molecule has 1 saturated heterocycles. The monoisotopic (exact) mass is 278 g/mol. The molecule has 1 aliphatic heterocycles. The number of rotatable bonds is 4. The van der Waals surface area contributed by atoms with Crippen molar-refractivity contribution in [2.75, 3.05) is 23.8 Å². The average molecular weight is 278 g/mol. The third-order valence-corrected chi connectivity index (χ3v) is 3.61. The number of hydrogen-bond acceptors (Lipinski definition) is 5. The van der Waals surface area contributed by atoms with Crippen LogP contribution in [-0.4, -0.2) is 30.5 Å². The van der Waals surface area contributed by atoms with E-state index in [9.17, 15) is 14.9 Å². The van der Waals surface area contributed by atoms with Gasteiger partial charge >= 0.3 is 5.69 Å². The Bertz CT molecular complexity index is 532. The molecule has 20 heavy (non-hydrogen) atoms. The van der Waals surface area contributed by atoms with E-state index in [0.717, 1.165) is 12.8 Å². The highest BCUT2D eigenvalue weighted by Crippen LogP contribution is 2.37. The van der Waals surface area contributed by atoms with E-state index < -0.39 is 16.9 Å². The molecule has 1 fully saturated rings. The number of primary amides is 1. The largest absolute Gasteiger partial charge is 0.382 e. The van der Waals surface area contributed by atoms with Crippen molar-refractivity contribution < 1.29 is 9.72 Å². The van der Waals surface area contributed by atoms with E-state index in [1.807, 2.05) is 0 Å². The minimum atomic E-state index is -0.477. The highest BCUT2D eigenvalue weighted by molar-refractivity contribution is 5.87. The molecule has 1 unspecified atom stereocenters. The third-order valence-electron chi connectivity index (χ3n) is 3.61. The Morgan fingerprint density at radius 3 is 2.85 bits per heavy atom. The Hall–Kier alpha value is -2.31. The lowest BCUT2D eigenvalue weighted by Crippen LogP contribution is -2.48. The summed E-state index contributed by atoms with van der Waals surface area (Å²) in [6, 6.07) is 4.57. The van der Waals surface area contributed by atoms with Gasteiger partial charge in [0.25, 0.3) is 0 Å². The van der Waals surface area contributed by atoms with Crippen molar-refractivity contribution >= 4 is 23.0 Å². The van der Waals surface area contributed by atoms with E-state index in [1.54, 1.807) is 30.1 Å². The molecule has 3 N–H and O–H groups in total. The van der Waals surface area contributed by atoms with Gasteiger partial charge in [-0.05, 0) is 31.4 Å². The SMILES string of the molecule is CNc1cccc(N2CCCCC2C(N)=O)c1[N+](=O)[O-]. The smallest absolute Gasteiger partial charge is 0.315 e. The lowest BCUT2D eigenvalue weighted by molar-refractivity contribution is -0.383. The van der Waals surface area contributed by atoms with Gasteiger partial charge < -0.3 is 16.0 Å². The van der Waals surface area contributed by atoms with Crippen molar-refractivity contribution in [3.63, 3.8) is 0 Å². The number of carbonyl (C=O) groups excluding carboxylic acids is 1. The van der Waals surface area contributed by atoms with Crippen LogP contribution in [0.15, 0.2) is 18.2 Å². The number of benzene rings is 1. The van der Waals surface area contributed by atoms with Crippen molar-refractivity contribution in [3.8, 4) is 0 Å². The summed E-state index contributed by atoms with van der Waals surface area (Å²) in [6.45, 7) is 0.599. The standard InChI is InChI=1S/C13H18N4O3/c1-15-9-5-4-7-10(12(9)17(19)20)16-8-3-2-6-11(16)13(14)18/h4-5,7,11,15H,2-3,6,8H2,1H3,(H2,14,18). The predicted octanol–water partition coefficient (Wildman–Crippen LogP) is 1.48. The first-order valence-corrected chi connectivity index (χ1v) is 6.57. The van der Waals surface area contributed by atoms with Crippen LogP contribution >= 0.6 is 0 Å². The Labute approximate surface area is 116 Å². The lowest BCUT2D eigenvalue weighted by Gasteiger charge is -2.35. The molecule has 7 heteroatoms. The van der Waals surface area contributed by atoms with Crippen molar-refractivity contribution in [1.29, 1.82) is 0 Å². The number of carbonyl (C=O) groups is 1. The number of nitro benzene ring substituents is 1. The second-order valence-corrected chi connectivity index (χ2v) is 4.79. The van der Waals surface area contributed by atoms with E-state index in [2.05, 4.69) is 5.32 Å². The van der Waals surface area contributed by atoms with Crippen LogP contribution in [-0.2, 0) is 4.79 Å². The lowest BCUT2D eigenvalue weighted by atomic mass is 10.00. The summed E-state index contributed by atoms with van der Waals surface area (Å²) < 4.78 is 0. The molecule has 108 valence electrons. The topological polar surface area (TPSA) is 102 Å². The van der Waals surface area contributed by atoms with Crippen molar-refractivity contribution in [2.45, 2.75) is 25.3 Å². The van der Waals surface area contributed by atoms with Gasteiger partial charge in [-0.15, -0.1) is 0 Å². The van der Waals surface area contributed by atoms with Crippen LogP contribution in [0.4, 0.5) is 17.1 Å². The van der Waals surface area contributed by atoms with Crippen molar-refractivity contribution in [1.82, 2.24) is 0 Å². The van der Waals surface area contributed by atoms with Gasteiger partial charge in [0.2, 0.25) is 5.91 Å². The fraction of sp³-hybridized carbons (Fsp3) is 0.462. The predicted molar refractivity (Wildman–Crippen MR) is 76.8 cm³/mol. The van der Waals surface area contributed by atoms with Gasteiger partial charge in [-0.3, -0.25) is 14.9 Å². The molecule has 0 aliphatic carbocycles. The number of para-hydroxylation sites is 1. The average Bonchev–Trinajstić information content (AvgIpc) is 2.46. The van der Waals surface area contributed by atoms with E-state index in [0.29, 0.717) is 24.3 Å². The van der Waals surface area contributed by atoms with Gasteiger partial charge in [0.15, 0.2) is 0 Å². The molecular formula is C13H18N4O3. The van der Waals surface area contributed by atoms with E-state index >= 15 is 0 Å². The third kappa shape index (κ3) is 2.52. The zero-order valence-electron chi connectivity index (χ0n) is 11.3. The molecule has 1 heterocycles. The van der Waals surface area contributed by atoms with Crippen LogP contribution in [0.3, 0.4) is 0 Å². The van der Waals surface area contributed by atoms with E-state index in [1.165, 1.54) is 0 Å². The molecule has 7 nitrogen and oxygen atoms in total. The maximum atomic E-state index is 11.6. The Balaban J connectivity index is 2.50. The molecule has 0 aromatic heterocycles. The normalized spacial score (nSPS) is 18.6. The summed E-state index contributed by atoms with van der Waals surface area (Å²) in [4.78, 5) is 24.2. The number of anilines is 2. The fourth-order valence-corrected chi connectivity index (χ4v) is 2.67. The van der Waals surface area contributed by atoms with Crippen molar-refractivity contribution in [2.24, 2.45) is 5.73 Å². The van der Waals surface area contributed by atoms with Gasteiger partial charge in [0.05, 0.1) is 4.92 Å². The highest BCUT2D eigenvalue weighted by atomic mass is 16.6. The minimum Gasteiger partial charge on any atom is -0.382 e. The minimum absolute atomic E-state index is 0.0110. The Morgan fingerprint density at radius 2 is 2.25 bits per heavy atom. The van der Waals surface area contributed by atoms with Crippen molar-refractivity contribution in [3.05, 3.63) is 28.3 Å². The van der Waals surface area contributed by atoms with E-state index in [-0.39, 0.29) is 5.69 Å². The second kappa shape index (κ2) is 5.77. The summed E-state index contributed by atoms with van der Waals surface area (Å²) in [5.41, 5.74) is 6.30. The molecule has 2 rings (SSSR count). The molecule has 1 aliphatic rings. The zero-order chi connectivity index (χ0) is 14.7. The summed E-state index contributed by atoms with van der Waals surface area (Å²) >= 11 is 0. The van der Waals surface area contributed by atoms with Gasteiger partial charge in [0, 0.05) is 13.6 Å². The van der Waals surface area contributed by atoms with Crippen LogP contribution in [0, 0.1) is 10.1 Å². The number of hydrogen-bond donors (Lipinski definition) is 2. The summed E-state index contributed by atoms with van der Waals surface area (Å²) in [6.07, 6.45) is 2.44. The first kappa shape index (κ1) is 14.1. The fourth-order valence-electron chi connectivity index (χ4n) is 2.67. The van der Waals surface area contributed by atoms with Crippen LogP contribution in [0.25, 0.3) is 0 Å². The Kier molecular flexibility index (Phi) is 4.07. The number of amides is 1. The number of piperidine rings is 1. The molecule has 0 radical (unpaired) electrons. The molecular weight excluding hydrogens is 260 g/mol. The summed E-state index contributed by atoms with van der Waals surface area (Å²) in [5.74, 6) is -0.436. The number of nitrogens with one attached hydrogen (secondary N) is 1. The number of nitrogens with two attached hydrogens (primary N) is 1. The number of nitrogens with zero attached hydrogens (tertiary/aromatic N) is 2. The molecule has 1 aromatic rings. The Morgan fingerprint density at radius 1 is 1.50 bits per heavy atom. The highest BCUT2D eigenvalue weighted by Gasteiger charge is 2.32. The van der Waals surface area contributed by atoms with Gasteiger partial charge in [-0.2, -0.15) is 0 Å². The molecule has 0 spiro atoms. The molecule has 0 saturated carbocycles. The van der Waals surface area contributed by atoms with Crippen LogP contribution in [0.5, 0.6) is 0 Å². The number of nitro groups is 1. The van der Waals surface area contributed by atoms with Gasteiger partial charge in [-0.25, -0.2) is 0 Å². The first-order chi connectivity index (χ1) is 9.56.